The molecule has 0 amide bonds. The molecule has 0 aliphatic rings. The number of halogens is 1. The van der Waals surface area contributed by atoms with Crippen LogP contribution in [-0.2, 0) is 10.1 Å². The maximum absolute atomic E-state index is 10.9. The van der Waals surface area contributed by atoms with Crippen molar-refractivity contribution in [2.45, 2.75) is 5.03 Å². The topological polar surface area (TPSA) is 67.3 Å². The van der Waals surface area contributed by atoms with Crippen molar-refractivity contribution in [1.82, 2.24) is 4.98 Å². The maximum Gasteiger partial charge on any atom is 0.312 e. The van der Waals surface area contributed by atoms with Gasteiger partial charge in [0.1, 0.15) is 0 Å². The van der Waals surface area contributed by atoms with Crippen LogP contribution in [0.25, 0.3) is 10.8 Å². The molecule has 1 N–H and O–H groups in total. The molecule has 0 aliphatic carbocycles. The van der Waals surface area contributed by atoms with Crippen LogP contribution in [0.2, 0.25) is 0 Å². The third-order valence-electron chi connectivity index (χ3n) is 1.88. The molecule has 0 radical (unpaired) electrons. The fourth-order valence-corrected chi connectivity index (χ4v) is 1.96. The Morgan fingerprint density at radius 1 is 1.13 bits per heavy atom. The summed E-state index contributed by atoms with van der Waals surface area (Å²) in [6.45, 7) is 0. The lowest BCUT2D eigenvalue weighted by atomic mass is 10.2. The molecule has 0 unspecified atom stereocenters. The summed E-state index contributed by atoms with van der Waals surface area (Å²) in [6.07, 6.45) is 1.35. The van der Waals surface area contributed by atoms with Gasteiger partial charge in [-0.15, -0.1) is 12.4 Å². The average molecular weight is 246 g/mol. The SMILES string of the molecule is Cl.O=S(=O)(O)c1nccc2ccccc12. The van der Waals surface area contributed by atoms with E-state index in [9.17, 15) is 8.42 Å². The Morgan fingerprint density at radius 3 is 2.47 bits per heavy atom. The molecule has 1 heterocycles. The third-order valence-corrected chi connectivity index (χ3v) is 2.70. The maximum atomic E-state index is 10.9. The van der Waals surface area contributed by atoms with Crippen LogP contribution in [0.15, 0.2) is 41.6 Å². The number of fused-ring (bicyclic) bond motifs is 1. The van der Waals surface area contributed by atoms with Gasteiger partial charge < -0.3 is 0 Å². The summed E-state index contributed by atoms with van der Waals surface area (Å²) in [5, 5.41) is 0.864. The average Bonchev–Trinajstić information content (AvgIpc) is 2.15. The van der Waals surface area contributed by atoms with Crippen LogP contribution in [0.4, 0.5) is 0 Å². The molecule has 2 rings (SSSR count). The van der Waals surface area contributed by atoms with Gasteiger partial charge >= 0.3 is 10.1 Å². The first kappa shape index (κ1) is 11.9. The minimum absolute atomic E-state index is 0. The summed E-state index contributed by atoms with van der Waals surface area (Å²) < 4.78 is 30.8. The van der Waals surface area contributed by atoms with Crippen molar-refractivity contribution in [3.05, 3.63) is 36.5 Å². The Morgan fingerprint density at radius 2 is 1.80 bits per heavy atom. The van der Waals surface area contributed by atoms with Crippen LogP contribution >= 0.6 is 12.4 Å². The van der Waals surface area contributed by atoms with E-state index in [1.54, 1.807) is 30.3 Å². The summed E-state index contributed by atoms with van der Waals surface area (Å²) in [4.78, 5) is 3.64. The Hall–Kier alpha value is -1.17. The lowest BCUT2D eigenvalue weighted by Gasteiger charge is -2.00. The van der Waals surface area contributed by atoms with E-state index in [2.05, 4.69) is 4.98 Å². The van der Waals surface area contributed by atoms with Gasteiger partial charge in [-0.1, -0.05) is 24.3 Å². The highest BCUT2D eigenvalue weighted by atomic mass is 35.5. The van der Waals surface area contributed by atoms with Gasteiger partial charge in [0.05, 0.1) is 0 Å². The fraction of sp³-hybridized carbons (Fsp3) is 0. The van der Waals surface area contributed by atoms with Crippen molar-refractivity contribution in [2.24, 2.45) is 0 Å². The summed E-state index contributed by atoms with van der Waals surface area (Å²) >= 11 is 0. The Balaban J connectivity index is 0.00000112. The quantitative estimate of drug-likeness (QED) is 0.780. The van der Waals surface area contributed by atoms with Crippen molar-refractivity contribution in [1.29, 1.82) is 0 Å². The first-order chi connectivity index (χ1) is 6.59. The van der Waals surface area contributed by atoms with E-state index in [-0.39, 0.29) is 17.4 Å². The highest BCUT2D eigenvalue weighted by molar-refractivity contribution is 7.86. The van der Waals surface area contributed by atoms with Gasteiger partial charge in [0, 0.05) is 11.6 Å². The first-order valence-corrected chi connectivity index (χ1v) is 5.34. The number of rotatable bonds is 1. The smallest absolute Gasteiger partial charge is 0.281 e. The van der Waals surface area contributed by atoms with Crippen LogP contribution in [0, 0.1) is 0 Å². The summed E-state index contributed by atoms with van der Waals surface area (Å²) in [7, 11) is -4.24. The van der Waals surface area contributed by atoms with Crippen LogP contribution < -0.4 is 0 Å². The molecule has 0 bridgehead atoms. The largest absolute Gasteiger partial charge is 0.312 e. The monoisotopic (exact) mass is 245 g/mol. The van der Waals surface area contributed by atoms with Crippen molar-refractivity contribution in [2.75, 3.05) is 0 Å². The summed E-state index contributed by atoms with van der Waals surface area (Å²) in [5.74, 6) is 0. The second-order valence-corrected chi connectivity index (χ2v) is 4.15. The van der Waals surface area contributed by atoms with E-state index in [1.165, 1.54) is 6.20 Å². The second-order valence-electron chi connectivity index (χ2n) is 2.81. The van der Waals surface area contributed by atoms with Crippen molar-refractivity contribution in [3.8, 4) is 0 Å². The number of benzene rings is 1. The number of nitrogens with zero attached hydrogens (tertiary/aromatic N) is 1. The molecule has 0 aliphatic heterocycles. The van der Waals surface area contributed by atoms with E-state index in [4.69, 9.17) is 4.55 Å². The molecule has 4 nitrogen and oxygen atoms in total. The molecule has 1 aromatic heterocycles. The molecule has 6 heteroatoms. The number of hydrogen-bond acceptors (Lipinski definition) is 3. The molecule has 1 aromatic carbocycles. The van der Waals surface area contributed by atoms with Crippen molar-refractivity contribution >= 4 is 33.3 Å². The van der Waals surface area contributed by atoms with Crippen molar-refractivity contribution < 1.29 is 13.0 Å². The Labute approximate surface area is 93.1 Å². The van der Waals surface area contributed by atoms with Gasteiger partial charge in [-0.3, -0.25) is 4.55 Å². The van der Waals surface area contributed by atoms with Gasteiger partial charge in [-0.2, -0.15) is 8.42 Å². The van der Waals surface area contributed by atoms with E-state index >= 15 is 0 Å². The highest BCUT2D eigenvalue weighted by Crippen LogP contribution is 2.19. The van der Waals surface area contributed by atoms with Gasteiger partial charge in [-0.05, 0) is 11.5 Å². The minimum atomic E-state index is -4.24. The normalized spacial score (nSPS) is 11.0. The molecule has 80 valence electrons. The molecule has 0 spiro atoms. The van der Waals surface area contributed by atoms with Crippen LogP contribution in [0.3, 0.4) is 0 Å². The molecule has 15 heavy (non-hydrogen) atoms. The third kappa shape index (κ3) is 2.26. The lowest BCUT2D eigenvalue weighted by molar-refractivity contribution is 0.480. The predicted molar refractivity (Wildman–Crippen MR) is 58.8 cm³/mol. The zero-order valence-electron chi connectivity index (χ0n) is 7.49. The first-order valence-electron chi connectivity index (χ1n) is 3.90. The highest BCUT2D eigenvalue weighted by Gasteiger charge is 2.14. The van der Waals surface area contributed by atoms with Gasteiger partial charge in [0.15, 0.2) is 5.03 Å². The van der Waals surface area contributed by atoms with Crippen LogP contribution in [-0.4, -0.2) is 18.0 Å². The predicted octanol–water partition coefficient (Wildman–Crippen LogP) is 1.90. The van der Waals surface area contributed by atoms with E-state index in [0.717, 1.165) is 5.39 Å². The number of aromatic nitrogens is 1. The minimum Gasteiger partial charge on any atom is -0.281 e. The Kier molecular flexibility index (Phi) is 3.28. The number of pyridine rings is 1. The van der Waals surface area contributed by atoms with Crippen LogP contribution in [0.1, 0.15) is 0 Å². The molecular weight excluding hydrogens is 238 g/mol. The van der Waals surface area contributed by atoms with Gasteiger partial charge in [-0.25, -0.2) is 4.98 Å². The molecule has 0 atom stereocenters. The van der Waals surface area contributed by atoms with E-state index in [0.29, 0.717) is 5.39 Å². The molecule has 0 saturated carbocycles. The van der Waals surface area contributed by atoms with Crippen LogP contribution in [0.5, 0.6) is 0 Å². The van der Waals surface area contributed by atoms with E-state index < -0.39 is 10.1 Å². The lowest BCUT2D eigenvalue weighted by Crippen LogP contribution is -2.01. The zero-order valence-corrected chi connectivity index (χ0v) is 9.12. The zero-order chi connectivity index (χ0) is 10.2. The molecule has 0 saturated heterocycles. The van der Waals surface area contributed by atoms with Gasteiger partial charge in [0.2, 0.25) is 0 Å². The standard InChI is InChI=1S/C9H7NO3S.ClH/c11-14(12,13)9-8-4-2-1-3-7(8)5-6-10-9;/h1-6H,(H,11,12,13);1H. The van der Waals surface area contributed by atoms with Crippen molar-refractivity contribution in [3.63, 3.8) is 0 Å². The van der Waals surface area contributed by atoms with Gasteiger partial charge in [0.25, 0.3) is 0 Å². The fourth-order valence-electron chi connectivity index (χ4n) is 1.30. The summed E-state index contributed by atoms with van der Waals surface area (Å²) in [6, 6.07) is 8.52. The molecule has 0 fully saturated rings. The Bertz CT molecular complexity index is 577. The molecular formula is C9H8ClNO3S. The second kappa shape index (κ2) is 4.14. The molecule has 2 aromatic rings. The van der Waals surface area contributed by atoms with E-state index in [1.807, 2.05) is 0 Å². The number of hydrogen-bond donors (Lipinski definition) is 1. The summed E-state index contributed by atoms with van der Waals surface area (Å²) in [5.41, 5.74) is 0.